The summed E-state index contributed by atoms with van der Waals surface area (Å²) in [4.78, 5) is 0. The summed E-state index contributed by atoms with van der Waals surface area (Å²) in [5.74, 6) is 1.13. The van der Waals surface area contributed by atoms with Gasteiger partial charge in [0.15, 0.2) is 0 Å². The standard InChI is InChI=1S/C25H38O/c1-7-8-9-10-15-25(5,6)20-12-14-22(24(26)17-20)23-16-19(4)11-13-21(23)18(2)3/h12,14,16-17,21,23,26H,2,7-11,13,15H2,1,3-6H3. The molecule has 1 nitrogen and oxygen atoms in total. The van der Waals surface area contributed by atoms with Crippen molar-refractivity contribution < 1.29 is 5.11 Å². The Hall–Kier alpha value is -1.50. The van der Waals surface area contributed by atoms with Gasteiger partial charge in [-0.3, -0.25) is 0 Å². The summed E-state index contributed by atoms with van der Waals surface area (Å²) in [6.07, 6.45) is 10.9. The minimum Gasteiger partial charge on any atom is -0.508 e. The molecule has 0 fully saturated rings. The van der Waals surface area contributed by atoms with Crippen LogP contribution in [0.5, 0.6) is 5.75 Å². The van der Waals surface area contributed by atoms with Crippen LogP contribution in [0.4, 0.5) is 0 Å². The van der Waals surface area contributed by atoms with Crippen LogP contribution in [0.3, 0.4) is 0 Å². The quantitative estimate of drug-likeness (QED) is 0.375. The van der Waals surface area contributed by atoms with Gasteiger partial charge >= 0.3 is 0 Å². The van der Waals surface area contributed by atoms with Gasteiger partial charge in [-0.2, -0.15) is 0 Å². The fraction of sp³-hybridized carbons (Fsp3) is 0.600. The van der Waals surface area contributed by atoms with Crippen LogP contribution >= 0.6 is 0 Å². The number of allylic oxidation sites excluding steroid dienone is 3. The van der Waals surface area contributed by atoms with Gasteiger partial charge in [0.2, 0.25) is 0 Å². The van der Waals surface area contributed by atoms with Gasteiger partial charge in [-0.15, -0.1) is 0 Å². The van der Waals surface area contributed by atoms with Crippen LogP contribution in [0, 0.1) is 5.92 Å². The molecule has 2 unspecified atom stereocenters. The van der Waals surface area contributed by atoms with Crippen LogP contribution in [-0.2, 0) is 5.41 Å². The molecule has 1 aliphatic carbocycles. The van der Waals surface area contributed by atoms with Crippen LogP contribution in [0.25, 0.3) is 0 Å². The van der Waals surface area contributed by atoms with Crippen molar-refractivity contribution in [3.63, 3.8) is 0 Å². The molecule has 1 aliphatic rings. The second-order valence-corrected chi connectivity index (χ2v) is 9.00. The Bertz CT molecular complexity index is 650. The summed E-state index contributed by atoms with van der Waals surface area (Å²) in [7, 11) is 0. The van der Waals surface area contributed by atoms with E-state index < -0.39 is 0 Å². The van der Waals surface area contributed by atoms with Crippen molar-refractivity contribution in [2.45, 2.75) is 90.9 Å². The Morgan fingerprint density at radius 2 is 1.96 bits per heavy atom. The highest BCUT2D eigenvalue weighted by atomic mass is 16.3. The summed E-state index contributed by atoms with van der Waals surface area (Å²) < 4.78 is 0. The lowest BCUT2D eigenvalue weighted by Crippen LogP contribution is -2.19. The Morgan fingerprint density at radius 1 is 1.23 bits per heavy atom. The monoisotopic (exact) mass is 354 g/mol. The minimum atomic E-state index is 0.107. The first-order valence-corrected chi connectivity index (χ1v) is 10.4. The molecule has 1 heteroatoms. The molecule has 0 spiro atoms. The number of phenolic OH excluding ortho intramolecular Hbond substituents is 1. The van der Waals surface area contributed by atoms with E-state index in [2.05, 4.69) is 59.4 Å². The van der Waals surface area contributed by atoms with Gasteiger partial charge in [0.25, 0.3) is 0 Å². The maximum atomic E-state index is 10.8. The third-order valence-corrected chi connectivity index (χ3v) is 6.21. The zero-order valence-electron chi connectivity index (χ0n) is 17.6. The first-order valence-electron chi connectivity index (χ1n) is 10.4. The summed E-state index contributed by atoms with van der Waals surface area (Å²) in [6.45, 7) is 15.4. The van der Waals surface area contributed by atoms with Crippen LogP contribution in [-0.4, -0.2) is 5.11 Å². The van der Waals surface area contributed by atoms with Crippen molar-refractivity contribution in [1.82, 2.24) is 0 Å². The number of hydrogen-bond acceptors (Lipinski definition) is 1. The minimum absolute atomic E-state index is 0.107. The van der Waals surface area contributed by atoms with Gasteiger partial charge in [0.1, 0.15) is 5.75 Å². The predicted octanol–water partition coefficient (Wildman–Crippen LogP) is 7.66. The summed E-state index contributed by atoms with van der Waals surface area (Å²) in [6, 6.07) is 6.42. The summed E-state index contributed by atoms with van der Waals surface area (Å²) in [5, 5.41) is 10.8. The molecule has 144 valence electrons. The lowest BCUT2D eigenvalue weighted by molar-refractivity contribution is 0.424. The number of hydrogen-bond donors (Lipinski definition) is 1. The van der Waals surface area contributed by atoms with Crippen LogP contribution < -0.4 is 0 Å². The highest BCUT2D eigenvalue weighted by molar-refractivity contribution is 5.45. The molecule has 1 aromatic rings. The zero-order valence-corrected chi connectivity index (χ0v) is 17.6. The molecular weight excluding hydrogens is 316 g/mol. The van der Waals surface area contributed by atoms with Crippen LogP contribution in [0.15, 0.2) is 42.0 Å². The molecule has 1 N–H and O–H groups in total. The van der Waals surface area contributed by atoms with E-state index in [0.717, 1.165) is 18.4 Å². The van der Waals surface area contributed by atoms with E-state index in [4.69, 9.17) is 0 Å². The molecule has 26 heavy (non-hydrogen) atoms. The van der Waals surface area contributed by atoms with Gasteiger partial charge in [0, 0.05) is 11.5 Å². The van der Waals surface area contributed by atoms with Crippen LogP contribution in [0.1, 0.15) is 96.6 Å². The first kappa shape index (κ1) is 20.8. The second kappa shape index (κ2) is 8.93. The lowest BCUT2D eigenvalue weighted by Gasteiger charge is -2.32. The molecule has 2 rings (SSSR count). The molecule has 0 heterocycles. The van der Waals surface area contributed by atoms with E-state index in [1.807, 2.05) is 6.07 Å². The number of rotatable bonds is 8. The van der Waals surface area contributed by atoms with Crippen molar-refractivity contribution >= 4 is 0 Å². The molecule has 1 aromatic carbocycles. The third-order valence-electron chi connectivity index (χ3n) is 6.21. The SMILES string of the molecule is C=C(C)C1CCC(C)=CC1c1ccc(C(C)(C)CCCCCC)cc1O. The van der Waals surface area contributed by atoms with Gasteiger partial charge < -0.3 is 5.11 Å². The molecule has 0 aliphatic heterocycles. The fourth-order valence-electron chi connectivity index (χ4n) is 4.31. The predicted molar refractivity (Wildman–Crippen MR) is 114 cm³/mol. The third kappa shape index (κ3) is 5.02. The maximum Gasteiger partial charge on any atom is 0.119 e. The summed E-state index contributed by atoms with van der Waals surface area (Å²) >= 11 is 0. The average molecular weight is 355 g/mol. The highest BCUT2D eigenvalue weighted by Crippen LogP contribution is 2.43. The molecule has 0 radical (unpaired) electrons. The van der Waals surface area contributed by atoms with E-state index in [-0.39, 0.29) is 11.3 Å². The van der Waals surface area contributed by atoms with E-state index in [1.165, 1.54) is 48.8 Å². The van der Waals surface area contributed by atoms with Crippen molar-refractivity contribution in [2.75, 3.05) is 0 Å². The zero-order chi connectivity index (χ0) is 19.3. The molecule has 2 atom stereocenters. The fourth-order valence-corrected chi connectivity index (χ4v) is 4.31. The van der Waals surface area contributed by atoms with Gasteiger partial charge in [0.05, 0.1) is 0 Å². The maximum absolute atomic E-state index is 10.8. The molecule has 0 aromatic heterocycles. The van der Waals surface area contributed by atoms with E-state index in [0.29, 0.717) is 11.7 Å². The highest BCUT2D eigenvalue weighted by Gasteiger charge is 2.29. The Labute approximate surface area is 161 Å². The number of aromatic hydroxyl groups is 1. The number of unbranched alkanes of at least 4 members (excludes halogenated alkanes) is 3. The van der Waals surface area contributed by atoms with E-state index in [9.17, 15) is 5.11 Å². The number of phenols is 1. The van der Waals surface area contributed by atoms with Crippen molar-refractivity contribution in [3.05, 3.63) is 53.1 Å². The van der Waals surface area contributed by atoms with Crippen molar-refractivity contribution in [1.29, 1.82) is 0 Å². The van der Waals surface area contributed by atoms with Gasteiger partial charge in [-0.05, 0) is 56.1 Å². The van der Waals surface area contributed by atoms with Gasteiger partial charge in [-0.25, -0.2) is 0 Å². The first-order chi connectivity index (χ1) is 12.3. The second-order valence-electron chi connectivity index (χ2n) is 9.00. The lowest BCUT2D eigenvalue weighted by atomic mass is 9.73. The largest absolute Gasteiger partial charge is 0.508 e. The van der Waals surface area contributed by atoms with Crippen molar-refractivity contribution in [3.8, 4) is 5.75 Å². The van der Waals surface area contributed by atoms with Crippen LogP contribution in [0.2, 0.25) is 0 Å². The average Bonchev–Trinajstić information content (AvgIpc) is 2.58. The molecule has 0 saturated carbocycles. The molecule has 0 amide bonds. The normalized spacial score (nSPS) is 20.7. The van der Waals surface area contributed by atoms with Crippen molar-refractivity contribution in [2.24, 2.45) is 5.92 Å². The Morgan fingerprint density at radius 3 is 2.58 bits per heavy atom. The Balaban J connectivity index is 2.23. The van der Waals surface area contributed by atoms with E-state index in [1.54, 1.807) is 0 Å². The molecule has 0 saturated heterocycles. The van der Waals surface area contributed by atoms with E-state index >= 15 is 0 Å². The number of benzene rings is 1. The van der Waals surface area contributed by atoms with Gasteiger partial charge in [-0.1, -0.05) is 82.4 Å². The molecule has 0 bridgehead atoms. The Kier molecular flexibility index (Phi) is 7.15. The topological polar surface area (TPSA) is 20.2 Å². The molecular formula is C25H38O. The summed E-state index contributed by atoms with van der Waals surface area (Å²) in [5.41, 5.74) is 5.06. The smallest absolute Gasteiger partial charge is 0.119 e.